The Bertz CT molecular complexity index is 822. The molecule has 0 aliphatic carbocycles. The molecule has 2 aromatic heterocycles. The molecule has 3 heterocycles. The third kappa shape index (κ3) is 3.21. The van der Waals surface area contributed by atoms with E-state index in [4.69, 9.17) is 4.98 Å². The number of nitrogens with zero attached hydrogens (tertiary/aromatic N) is 3. The van der Waals surface area contributed by atoms with Gasteiger partial charge in [-0.25, -0.2) is 9.37 Å². The standard InChI is InChI=1S/C19H18FN3.C2H6/c1-2-16-7-8-17-22-18(13-3-5-15(20)6-4-13)19(23(16)17)14-9-11-21-12-10-14;1-2/h3-6,9-12,16H,2,7-8H2,1H3;1-2H3/t16-;/m1./s1. The highest BCUT2D eigenvalue weighted by Gasteiger charge is 2.28. The van der Waals surface area contributed by atoms with Crippen molar-refractivity contribution in [1.82, 2.24) is 14.5 Å². The maximum atomic E-state index is 13.3. The molecule has 4 heteroatoms. The van der Waals surface area contributed by atoms with Gasteiger partial charge in [-0.2, -0.15) is 0 Å². The highest BCUT2D eigenvalue weighted by atomic mass is 19.1. The van der Waals surface area contributed by atoms with Gasteiger partial charge < -0.3 is 4.57 Å². The molecular formula is C21H24FN3. The van der Waals surface area contributed by atoms with E-state index in [1.54, 1.807) is 24.5 Å². The highest BCUT2D eigenvalue weighted by molar-refractivity contribution is 5.79. The fourth-order valence-electron chi connectivity index (χ4n) is 3.45. The van der Waals surface area contributed by atoms with Crippen LogP contribution in [0.1, 0.15) is 45.5 Å². The minimum absolute atomic E-state index is 0.225. The molecule has 1 aliphatic rings. The summed E-state index contributed by atoms with van der Waals surface area (Å²) in [6.45, 7) is 6.22. The average molecular weight is 337 g/mol. The summed E-state index contributed by atoms with van der Waals surface area (Å²) in [5, 5.41) is 0. The van der Waals surface area contributed by atoms with E-state index >= 15 is 0 Å². The van der Waals surface area contributed by atoms with E-state index in [2.05, 4.69) is 16.5 Å². The fourth-order valence-corrected chi connectivity index (χ4v) is 3.45. The summed E-state index contributed by atoms with van der Waals surface area (Å²) in [5.74, 6) is 0.903. The number of aryl methyl sites for hydroxylation is 1. The van der Waals surface area contributed by atoms with Crippen molar-refractivity contribution in [3.8, 4) is 22.5 Å². The number of aromatic nitrogens is 3. The monoisotopic (exact) mass is 337 g/mol. The van der Waals surface area contributed by atoms with Crippen LogP contribution in [0.2, 0.25) is 0 Å². The number of imidazole rings is 1. The molecule has 25 heavy (non-hydrogen) atoms. The van der Waals surface area contributed by atoms with Crippen LogP contribution in [0.4, 0.5) is 4.39 Å². The first kappa shape index (κ1) is 17.3. The lowest BCUT2D eigenvalue weighted by Crippen LogP contribution is -2.04. The zero-order valence-electron chi connectivity index (χ0n) is 15.0. The number of hydrogen-bond donors (Lipinski definition) is 0. The van der Waals surface area contributed by atoms with Crippen molar-refractivity contribution in [3.63, 3.8) is 0 Å². The number of benzene rings is 1. The zero-order chi connectivity index (χ0) is 17.8. The SMILES string of the molecule is CC.CC[C@@H]1CCc2nc(-c3ccc(F)cc3)c(-c3ccncc3)n21. The molecule has 0 amide bonds. The maximum absolute atomic E-state index is 13.3. The summed E-state index contributed by atoms with van der Waals surface area (Å²) in [6, 6.07) is 11.1. The van der Waals surface area contributed by atoms with Crippen LogP contribution in [0.25, 0.3) is 22.5 Å². The largest absolute Gasteiger partial charge is 0.324 e. The Kier molecular flexibility index (Phi) is 5.27. The van der Waals surface area contributed by atoms with Crippen molar-refractivity contribution < 1.29 is 4.39 Å². The number of halogens is 1. The molecule has 0 saturated heterocycles. The van der Waals surface area contributed by atoms with E-state index < -0.39 is 0 Å². The Labute approximate surface area is 148 Å². The lowest BCUT2D eigenvalue weighted by atomic mass is 10.0. The Morgan fingerprint density at radius 2 is 1.72 bits per heavy atom. The van der Waals surface area contributed by atoms with Gasteiger partial charge in [-0.15, -0.1) is 0 Å². The van der Waals surface area contributed by atoms with Crippen molar-refractivity contribution in [1.29, 1.82) is 0 Å². The molecule has 0 unspecified atom stereocenters. The molecule has 0 spiro atoms. The molecule has 3 nitrogen and oxygen atoms in total. The summed E-state index contributed by atoms with van der Waals surface area (Å²) in [6.07, 6.45) is 6.84. The third-order valence-electron chi connectivity index (χ3n) is 4.59. The van der Waals surface area contributed by atoms with Gasteiger partial charge in [0.15, 0.2) is 0 Å². The predicted octanol–water partition coefficient (Wildman–Crippen LogP) is 5.67. The lowest BCUT2D eigenvalue weighted by Gasteiger charge is -2.16. The van der Waals surface area contributed by atoms with Crippen LogP contribution in [0.5, 0.6) is 0 Å². The van der Waals surface area contributed by atoms with Crippen LogP contribution in [0, 0.1) is 5.82 Å². The van der Waals surface area contributed by atoms with Crippen LogP contribution in [0.3, 0.4) is 0 Å². The Morgan fingerprint density at radius 3 is 2.36 bits per heavy atom. The first-order valence-electron chi connectivity index (χ1n) is 9.05. The molecule has 0 radical (unpaired) electrons. The van der Waals surface area contributed by atoms with Crippen LogP contribution < -0.4 is 0 Å². The third-order valence-corrected chi connectivity index (χ3v) is 4.59. The zero-order valence-corrected chi connectivity index (χ0v) is 15.0. The van der Waals surface area contributed by atoms with Crippen molar-refractivity contribution in [2.75, 3.05) is 0 Å². The van der Waals surface area contributed by atoms with Crippen LogP contribution in [-0.4, -0.2) is 14.5 Å². The van der Waals surface area contributed by atoms with E-state index in [1.165, 1.54) is 12.1 Å². The second-order valence-electron chi connectivity index (χ2n) is 5.94. The summed E-state index contributed by atoms with van der Waals surface area (Å²) in [7, 11) is 0. The van der Waals surface area contributed by atoms with E-state index in [1.807, 2.05) is 26.0 Å². The van der Waals surface area contributed by atoms with Gasteiger partial charge in [-0.3, -0.25) is 4.98 Å². The smallest absolute Gasteiger partial charge is 0.123 e. The van der Waals surface area contributed by atoms with E-state index in [0.29, 0.717) is 6.04 Å². The topological polar surface area (TPSA) is 30.7 Å². The van der Waals surface area contributed by atoms with Gasteiger partial charge in [0, 0.05) is 36.0 Å². The van der Waals surface area contributed by atoms with Gasteiger partial charge in [0.05, 0.1) is 11.4 Å². The molecule has 0 N–H and O–H groups in total. The quantitative estimate of drug-likeness (QED) is 0.616. The van der Waals surface area contributed by atoms with Gasteiger partial charge in [-0.1, -0.05) is 20.8 Å². The number of rotatable bonds is 3. The van der Waals surface area contributed by atoms with Crippen LogP contribution in [0.15, 0.2) is 48.8 Å². The van der Waals surface area contributed by atoms with Crippen molar-refractivity contribution in [2.24, 2.45) is 0 Å². The molecule has 1 aromatic carbocycles. The average Bonchev–Trinajstić information content (AvgIpc) is 3.23. The minimum Gasteiger partial charge on any atom is -0.324 e. The van der Waals surface area contributed by atoms with Gasteiger partial charge in [0.2, 0.25) is 0 Å². The summed E-state index contributed by atoms with van der Waals surface area (Å²) in [5.41, 5.74) is 4.12. The number of fused-ring (bicyclic) bond motifs is 1. The second-order valence-corrected chi connectivity index (χ2v) is 5.94. The number of hydrogen-bond acceptors (Lipinski definition) is 2. The molecule has 0 bridgehead atoms. The Hall–Kier alpha value is -2.49. The molecule has 4 rings (SSSR count). The first-order chi connectivity index (χ1) is 12.3. The normalized spacial score (nSPS) is 15.4. The van der Waals surface area contributed by atoms with E-state index in [9.17, 15) is 4.39 Å². The van der Waals surface area contributed by atoms with Crippen LogP contribution in [-0.2, 0) is 6.42 Å². The molecule has 0 fully saturated rings. The molecule has 0 saturated carbocycles. The van der Waals surface area contributed by atoms with Gasteiger partial charge in [0.25, 0.3) is 0 Å². The summed E-state index contributed by atoms with van der Waals surface area (Å²) in [4.78, 5) is 9.01. The van der Waals surface area contributed by atoms with E-state index in [0.717, 1.165) is 47.6 Å². The van der Waals surface area contributed by atoms with Gasteiger partial charge in [0.1, 0.15) is 11.6 Å². The van der Waals surface area contributed by atoms with Gasteiger partial charge >= 0.3 is 0 Å². The minimum atomic E-state index is -0.225. The first-order valence-corrected chi connectivity index (χ1v) is 9.05. The van der Waals surface area contributed by atoms with Crippen LogP contribution >= 0.6 is 0 Å². The molecule has 1 aliphatic heterocycles. The Morgan fingerprint density at radius 1 is 1.04 bits per heavy atom. The maximum Gasteiger partial charge on any atom is 0.123 e. The molecule has 1 atom stereocenters. The van der Waals surface area contributed by atoms with E-state index in [-0.39, 0.29) is 5.82 Å². The summed E-state index contributed by atoms with van der Waals surface area (Å²) >= 11 is 0. The molecule has 130 valence electrons. The molecule has 3 aromatic rings. The lowest BCUT2D eigenvalue weighted by molar-refractivity contribution is 0.516. The van der Waals surface area contributed by atoms with Gasteiger partial charge in [-0.05, 0) is 49.2 Å². The van der Waals surface area contributed by atoms with Crippen molar-refractivity contribution >= 4 is 0 Å². The van der Waals surface area contributed by atoms with Crippen molar-refractivity contribution in [2.45, 2.75) is 46.1 Å². The second kappa shape index (κ2) is 7.60. The summed E-state index contributed by atoms with van der Waals surface area (Å²) < 4.78 is 15.6. The molecular weight excluding hydrogens is 313 g/mol. The Balaban J connectivity index is 0.000000880. The predicted molar refractivity (Wildman–Crippen MR) is 99.8 cm³/mol. The highest BCUT2D eigenvalue weighted by Crippen LogP contribution is 2.40. The fraction of sp³-hybridized carbons (Fsp3) is 0.333. The number of pyridine rings is 1. The van der Waals surface area contributed by atoms with Crippen molar-refractivity contribution in [3.05, 3.63) is 60.4 Å².